The summed E-state index contributed by atoms with van der Waals surface area (Å²) >= 11 is 0. The van der Waals surface area contributed by atoms with Crippen LogP contribution in [-0.2, 0) is 4.79 Å². The molecular formula is C11H10FNO. The molecule has 1 aromatic heterocycles. The molecule has 1 N–H and O–H groups in total. The number of hydrogen-bond donors (Lipinski definition) is 1. The molecular weight excluding hydrogens is 181 g/mol. The fourth-order valence-corrected chi connectivity index (χ4v) is 1.60. The molecule has 14 heavy (non-hydrogen) atoms. The van der Waals surface area contributed by atoms with Crippen LogP contribution in [0.5, 0.6) is 0 Å². The predicted octanol–water partition coefficient (Wildman–Crippen LogP) is 2.61. The van der Waals surface area contributed by atoms with Crippen LogP contribution in [0, 0.1) is 5.82 Å². The fraction of sp³-hybridized carbons (Fsp3) is 0.182. The van der Waals surface area contributed by atoms with Crippen LogP contribution in [0.2, 0.25) is 0 Å². The van der Waals surface area contributed by atoms with E-state index in [0.717, 1.165) is 11.8 Å². The number of nitrogens with one attached hydrogen (secondary N) is 1. The maximum absolute atomic E-state index is 13.4. The Morgan fingerprint density at radius 1 is 1.50 bits per heavy atom. The van der Waals surface area contributed by atoms with Crippen molar-refractivity contribution in [3.05, 3.63) is 35.8 Å². The average molecular weight is 191 g/mol. The first-order valence-electron chi connectivity index (χ1n) is 4.45. The van der Waals surface area contributed by atoms with E-state index in [-0.39, 0.29) is 11.7 Å². The van der Waals surface area contributed by atoms with Crippen molar-refractivity contribution in [3.63, 3.8) is 0 Å². The average Bonchev–Trinajstić information content (AvgIpc) is 2.62. The van der Waals surface area contributed by atoms with Gasteiger partial charge in [-0.25, -0.2) is 4.39 Å². The van der Waals surface area contributed by atoms with E-state index >= 15 is 0 Å². The summed E-state index contributed by atoms with van der Waals surface area (Å²) in [6.45, 7) is 1.75. The Labute approximate surface area is 80.7 Å². The van der Waals surface area contributed by atoms with Crippen molar-refractivity contribution in [2.45, 2.75) is 12.8 Å². The molecule has 0 saturated carbocycles. The van der Waals surface area contributed by atoms with Gasteiger partial charge >= 0.3 is 0 Å². The van der Waals surface area contributed by atoms with Crippen molar-refractivity contribution < 1.29 is 9.18 Å². The topological polar surface area (TPSA) is 32.9 Å². The third kappa shape index (κ3) is 1.21. The standard InChI is InChI=1S/C11H10FNO/c1-7(6-14)8-5-13-10-4-2-3-9(12)11(8)10/h2-7,13H,1H3. The van der Waals surface area contributed by atoms with Gasteiger partial charge in [-0.05, 0) is 17.7 Å². The van der Waals surface area contributed by atoms with Gasteiger partial charge in [-0.2, -0.15) is 0 Å². The number of H-pyrrole nitrogens is 1. The molecule has 1 aromatic carbocycles. The largest absolute Gasteiger partial charge is 0.361 e. The molecule has 0 aliphatic heterocycles. The van der Waals surface area contributed by atoms with Gasteiger partial charge in [-0.3, -0.25) is 0 Å². The summed E-state index contributed by atoms with van der Waals surface area (Å²) in [7, 11) is 0. The summed E-state index contributed by atoms with van der Waals surface area (Å²) in [6, 6.07) is 4.83. The van der Waals surface area contributed by atoms with Gasteiger partial charge < -0.3 is 9.78 Å². The third-order valence-corrected chi connectivity index (χ3v) is 2.38. The summed E-state index contributed by atoms with van der Waals surface area (Å²) in [6.07, 6.45) is 2.50. The van der Waals surface area contributed by atoms with Crippen molar-refractivity contribution in [2.24, 2.45) is 0 Å². The molecule has 1 heterocycles. The number of fused-ring (bicyclic) bond motifs is 1. The Kier molecular flexibility index (Phi) is 2.08. The van der Waals surface area contributed by atoms with Crippen LogP contribution in [0.15, 0.2) is 24.4 Å². The maximum atomic E-state index is 13.4. The Balaban J connectivity index is 2.72. The molecule has 0 aliphatic rings. The lowest BCUT2D eigenvalue weighted by Gasteiger charge is -2.01. The zero-order chi connectivity index (χ0) is 10.1. The van der Waals surface area contributed by atoms with Gasteiger partial charge in [-0.15, -0.1) is 0 Å². The number of aromatic amines is 1. The van der Waals surface area contributed by atoms with Crippen molar-refractivity contribution in [2.75, 3.05) is 0 Å². The Morgan fingerprint density at radius 2 is 2.29 bits per heavy atom. The van der Waals surface area contributed by atoms with E-state index < -0.39 is 0 Å². The summed E-state index contributed by atoms with van der Waals surface area (Å²) in [5.41, 5.74) is 1.45. The van der Waals surface area contributed by atoms with Gasteiger partial charge in [0, 0.05) is 23.0 Å². The minimum atomic E-state index is -0.285. The number of carbonyl (C=O) groups is 1. The number of rotatable bonds is 2. The van der Waals surface area contributed by atoms with E-state index in [1.165, 1.54) is 6.07 Å². The molecule has 2 aromatic rings. The predicted molar refractivity (Wildman–Crippen MR) is 52.7 cm³/mol. The zero-order valence-corrected chi connectivity index (χ0v) is 7.75. The van der Waals surface area contributed by atoms with E-state index in [0.29, 0.717) is 10.9 Å². The second-order valence-corrected chi connectivity index (χ2v) is 3.33. The van der Waals surface area contributed by atoms with Crippen LogP contribution in [0.25, 0.3) is 10.9 Å². The SMILES string of the molecule is CC(C=O)c1c[nH]c2cccc(F)c12. The number of aromatic nitrogens is 1. The third-order valence-electron chi connectivity index (χ3n) is 2.38. The molecule has 0 fully saturated rings. The number of benzene rings is 1. The second kappa shape index (κ2) is 3.25. The summed E-state index contributed by atoms with van der Waals surface area (Å²) in [5.74, 6) is -0.562. The van der Waals surface area contributed by atoms with Crippen LogP contribution >= 0.6 is 0 Å². The summed E-state index contributed by atoms with van der Waals surface area (Å²) < 4.78 is 13.4. The van der Waals surface area contributed by atoms with Crippen molar-refractivity contribution in [3.8, 4) is 0 Å². The molecule has 1 atom stereocenters. The molecule has 0 aliphatic carbocycles. The highest BCUT2D eigenvalue weighted by Crippen LogP contribution is 2.26. The van der Waals surface area contributed by atoms with Crippen LogP contribution in [0.4, 0.5) is 4.39 Å². The van der Waals surface area contributed by atoms with Gasteiger partial charge in [0.25, 0.3) is 0 Å². The summed E-state index contributed by atoms with van der Waals surface area (Å²) in [4.78, 5) is 13.6. The molecule has 0 spiro atoms. The number of hydrogen-bond acceptors (Lipinski definition) is 1. The van der Waals surface area contributed by atoms with Gasteiger partial charge in [0.2, 0.25) is 0 Å². The molecule has 2 rings (SSSR count). The van der Waals surface area contributed by atoms with E-state index in [1.807, 2.05) is 0 Å². The Bertz CT molecular complexity index is 475. The molecule has 3 heteroatoms. The molecule has 2 nitrogen and oxygen atoms in total. The van der Waals surface area contributed by atoms with Crippen LogP contribution in [-0.4, -0.2) is 11.3 Å². The lowest BCUT2D eigenvalue weighted by atomic mass is 10.0. The number of halogens is 1. The molecule has 0 radical (unpaired) electrons. The maximum Gasteiger partial charge on any atom is 0.132 e. The quantitative estimate of drug-likeness (QED) is 0.727. The molecule has 0 amide bonds. The molecule has 0 saturated heterocycles. The van der Waals surface area contributed by atoms with E-state index in [1.54, 1.807) is 25.3 Å². The van der Waals surface area contributed by atoms with Crippen molar-refractivity contribution in [1.82, 2.24) is 4.98 Å². The molecule has 0 bridgehead atoms. The molecule has 1 unspecified atom stereocenters. The van der Waals surface area contributed by atoms with Crippen LogP contribution in [0.1, 0.15) is 18.4 Å². The van der Waals surface area contributed by atoms with E-state index in [4.69, 9.17) is 0 Å². The zero-order valence-electron chi connectivity index (χ0n) is 7.75. The summed E-state index contributed by atoms with van der Waals surface area (Å²) in [5, 5.41) is 0.520. The van der Waals surface area contributed by atoms with Gasteiger partial charge in [0.1, 0.15) is 12.1 Å². The first-order chi connectivity index (χ1) is 6.74. The Morgan fingerprint density at radius 3 is 3.00 bits per heavy atom. The number of aldehydes is 1. The fourth-order valence-electron chi connectivity index (χ4n) is 1.60. The minimum Gasteiger partial charge on any atom is -0.361 e. The first-order valence-corrected chi connectivity index (χ1v) is 4.45. The van der Waals surface area contributed by atoms with Crippen LogP contribution < -0.4 is 0 Å². The highest BCUT2D eigenvalue weighted by molar-refractivity contribution is 5.87. The van der Waals surface area contributed by atoms with Crippen molar-refractivity contribution in [1.29, 1.82) is 0 Å². The highest BCUT2D eigenvalue weighted by Gasteiger charge is 2.13. The van der Waals surface area contributed by atoms with E-state index in [9.17, 15) is 9.18 Å². The smallest absolute Gasteiger partial charge is 0.132 e. The van der Waals surface area contributed by atoms with Gasteiger partial charge in [-0.1, -0.05) is 13.0 Å². The minimum absolute atomic E-state index is 0.277. The Hall–Kier alpha value is -1.64. The normalized spacial score (nSPS) is 13.0. The monoisotopic (exact) mass is 191 g/mol. The van der Waals surface area contributed by atoms with Crippen molar-refractivity contribution >= 4 is 17.2 Å². The van der Waals surface area contributed by atoms with Crippen LogP contribution in [0.3, 0.4) is 0 Å². The highest BCUT2D eigenvalue weighted by atomic mass is 19.1. The molecule has 72 valence electrons. The van der Waals surface area contributed by atoms with Gasteiger partial charge in [0.15, 0.2) is 0 Å². The van der Waals surface area contributed by atoms with E-state index in [2.05, 4.69) is 4.98 Å². The first kappa shape index (κ1) is 8.94. The van der Waals surface area contributed by atoms with Gasteiger partial charge in [0.05, 0.1) is 0 Å². The lowest BCUT2D eigenvalue weighted by Crippen LogP contribution is -1.93. The lowest BCUT2D eigenvalue weighted by molar-refractivity contribution is -0.108. The second-order valence-electron chi connectivity index (χ2n) is 3.33. The number of carbonyl (C=O) groups excluding carboxylic acids is 1.